The molecule has 15 heavy (non-hydrogen) atoms. The zero-order chi connectivity index (χ0) is 11.1. The molecule has 3 rings (SSSR count). The van der Waals surface area contributed by atoms with E-state index in [9.17, 15) is 9.59 Å². The van der Waals surface area contributed by atoms with E-state index < -0.39 is 17.5 Å². The molecule has 2 bridgehead atoms. The van der Waals surface area contributed by atoms with E-state index in [1.165, 1.54) is 0 Å². The predicted molar refractivity (Wildman–Crippen MR) is 48.7 cm³/mol. The zero-order valence-corrected chi connectivity index (χ0v) is 7.89. The third-order valence-corrected chi connectivity index (χ3v) is 2.09. The number of carbonyl (C=O) groups excluding carboxylic acids is 1. The number of aliphatic carboxylic acids is 1. The molecule has 2 aliphatic heterocycles. The number of Topliss-reactive ketones (excluding diaryl/α,β-unsaturated/α-hetero) is 1. The van der Waals surface area contributed by atoms with Crippen LogP contribution in [0.15, 0.2) is 24.3 Å². The van der Waals surface area contributed by atoms with Crippen molar-refractivity contribution in [1.29, 1.82) is 0 Å². The van der Waals surface area contributed by atoms with Crippen molar-refractivity contribution < 1.29 is 24.2 Å². The Bertz CT molecular complexity index is 379. The van der Waals surface area contributed by atoms with E-state index >= 15 is 0 Å². The molecular weight excluding hydrogens is 200 g/mol. The molecule has 1 aromatic rings. The van der Waals surface area contributed by atoms with E-state index in [1.807, 2.05) is 0 Å². The van der Waals surface area contributed by atoms with E-state index in [-0.39, 0.29) is 11.5 Å². The lowest BCUT2D eigenvalue weighted by molar-refractivity contribution is -0.187. The highest BCUT2D eigenvalue weighted by atomic mass is 16.7. The molecule has 5 heteroatoms. The first-order valence-electron chi connectivity index (χ1n) is 4.27. The van der Waals surface area contributed by atoms with E-state index in [4.69, 9.17) is 14.6 Å². The highest BCUT2D eigenvalue weighted by Crippen LogP contribution is 2.30. The van der Waals surface area contributed by atoms with Crippen LogP contribution >= 0.6 is 0 Å². The van der Waals surface area contributed by atoms with Crippen LogP contribution in [0.25, 0.3) is 0 Å². The summed E-state index contributed by atoms with van der Waals surface area (Å²) >= 11 is 0. The molecule has 5 nitrogen and oxygen atoms in total. The summed E-state index contributed by atoms with van der Waals surface area (Å²) in [6.45, 7) is 1.11. The maximum atomic E-state index is 11.3. The van der Waals surface area contributed by atoms with Crippen molar-refractivity contribution in [3.8, 4) is 11.5 Å². The first-order chi connectivity index (χ1) is 7.04. The number of rotatable bonds is 2. The smallest absolute Gasteiger partial charge is 0.413 e. The minimum absolute atomic E-state index is 0.286. The molecule has 1 aromatic carbocycles. The number of hydrogen-bond acceptors (Lipinski definition) is 4. The van der Waals surface area contributed by atoms with Gasteiger partial charge in [-0.3, -0.25) is 4.79 Å². The summed E-state index contributed by atoms with van der Waals surface area (Å²) in [6, 6.07) is 6.18. The number of benzene rings is 1. The third-order valence-electron chi connectivity index (χ3n) is 2.09. The van der Waals surface area contributed by atoms with Gasteiger partial charge in [0.2, 0.25) is 5.78 Å². The molecule has 0 aromatic heterocycles. The lowest BCUT2D eigenvalue weighted by atomic mass is 10.2. The largest absolute Gasteiger partial charge is 0.475 e. The molecule has 0 saturated heterocycles. The lowest BCUT2D eigenvalue weighted by Gasteiger charge is -2.24. The monoisotopic (exact) mass is 208 g/mol. The third kappa shape index (κ3) is 1.32. The van der Waals surface area contributed by atoms with Gasteiger partial charge in [0.25, 0.3) is 0 Å². The Hall–Kier alpha value is -2.04. The summed E-state index contributed by atoms with van der Waals surface area (Å²) in [6.07, 6.45) is 0. The minimum atomic E-state index is -2.25. The van der Waals surface area contributed by atoms with Crippen LogP contribution in [0.5, 0.6) is 11.5 Å². The van der Waals surface area contributed by atoms with E-state index in [0.29, 0.717) is 0 Å². The van der Waals surface area contributed by atoms with Crippen LogP contribution in [0.2, 0.25) is 0 Å². The Balaban J connectivity index is 2.51. The van der Waals surface area contributed by atoms with Gasteiger partial charge in [0.15, 0.2) is 0 Å². The summed E-state index contributed by atoms with van der Waals surface area (Å²) in [5.41, 5.74) is 0. The maximum Gasteiger partial charge on any atom is 0.413 e. The van der Waals surface area contributed by atoms with E-state index in [0.717, 1.165) is 6.92 Å². The van der Waals surface area contributed by atoms with Gasteiger partial charge in [-0.15, -0.1) is 0 Å². The molecule has 0 spiro atoms. The van der Waals surface area contributed by atoms with Crippen LogP contribution in [-0.4, -0.2) is 22.6 Å². The van der Waals surface area contributed by atoms with E-state index in [1.54, 1.807) is 24.3 Å². The molecule has 78 valence electrons. The Morgan fingerprint density at radius 3 is 1.80 bits per heavy atom. The van der Waals surface area contributed by atoms with E-state index in [2.05, 4.69) is 0 Å². The summed E-state index contributed by atoms with van der Waals surface area (Å²) in [5, 5.41) is 8.99. The number of ketones is 1. The number of fused-ring (bicyclic) bond motifs is 4. The van der Waals surface area contributed by atoms with Crippen LogP contribution in [-0.2, 0) is 9.59 Å². The fourth-order valence-corrected chi connectivity index (χ4v) is 1.31. The van der Waals surface area contributed by atoms with Crippen molar-refractivity contribution >= 4 is 11.8 Å². The van der Waals surface area contributed by atoms with Gasteiger partial charge in [0.05, 0.1) is 0 Å². The first kappa shape index (κ1) is 9.51. The topological polar surface area (TPSA) is 72.8 Å². The molecule has 1 N–H and O–H groups in total. The van der Waals surface area contributed by atoms with Crippen molar-refractivity contribution in [3.05, 3.63) is 24.3 Å². The van der Waals surface area contributed by atoms with Gasteiger partial charge in [0.1, 0.15) is 11.5 Å². The number of carbonyl (C=O) groups is 2. The Morgan fingerprint density at radius 2 is 1.53 bits per heavy atom. The molecule has 2 heterocycles. The SMILES string of the molecule is CC(=O)C1(C(=O)O)Oc2ccc(cc2)O1. The van der Waals surface area contributed by atoms with Crippen molar-refractivity contribution in [3.63, 3.8) is 0 Å². The van der Waals surface area contributed by atoms with Crippen molar-refractivity contribution in [2.24, 2.45) is 0 Å². The summed E-state index contributed by atoms with van der Waals surface area (Å²) < 4.78 is 10.1. The molecule has 0 fully saturated rings. The van der Waals surface area contributed by atoms with Gasteiger partial charge in [-0.1, -0.05) is 0 Å². The van der Waals surface area contributed by atoms with Crippen LogP contribution in [0, 0.1) is 0 Å². The summed E-state index contributed by atoms with van der Waals surface area (Å²) in [7, 11) is 0. The van der Waals surface area contributed by atoms with Gasteiger partial charge in [0, 0.05) is 6.92 Å². The first-order valence-corrected chi connectivity index (χ1v) is 4.27. The zero-order valence-electron chi connectivity index (χ0n) is 7.89. The minimum Gasteiger partial charge on any atom is -0.475 e. The van der Waals surface area contributed by atoms with Crippen LogP contribution < -0.4 is 9.47 Å². The molecule has 0 amide bonds. The molecule has 0 saturated carbocycles. The fraction of sp³-hybridized carbons (Fsp3) is 0.200. The molecule has 0 atom stereocenters. The molecule has 2 aliphatic rings. The van der Waals surface area contributed by atoms with Crippen molar-refractivity contribution in [2.45, 2.75) is 12.7 Å². The molecule has 0 aliphatic carbocycles. The van der Waals surface area contributed by atoms with Crippen molar-refractivity contribution in [2.75, 3.05) is 0 Å². The summed E-state index contributed by atoms with van der Waals surface area (Å²) in [5.74, 6) is -3.85. The Morgan fingerprint density at radius 1 is 1.13 bits per heavy atom. The maximum absolute atomic E-state index is 11.3. The second-order valence-corrected chi connectivity index (χ2v) is 3.15. The normalized spacial score (nSPS) is 16.1. The fourth-order valence-electron chi connectivity index (χ4n) is 1.31. The highest BCUT2D eigenvalue weighted by molar-refractivity contribution is 6.04. The average Bonchev–Trinajstić information content (AvgIpc) is 2.47. The van der Waals surface area contributed by atoms with Crippen LogP contribution in [0.3, 0.4) is 0 Å². The number of hydrogen-bond donors (Lipinski definition) is 1. The Labute approximate surface area is 85.2 Å². The standard InChI is InChI=1S/C10H8O5/c1-6(11)10(9(12)13)14-7-2-3-8(15-10)5-4-7/h2-5H,1H3,(H,12,13). The molecular formula is C10H8O5. The average molecular weight is 208 g/mol. The quantitative estimate of drug-likeness (QED) is 0.728. The number of carboxylic acids is 1. The van der Waals surface area contributed by atoms with Gasteiger partial charge in [-0.2, -0.15) is 0 Å². The van der Waals surface area contributed by atoms with Gasteiger partial charge in [-0.25, -0.2) is 4.79 Å². The molecule has 0 unspecified atom stereocenters. The predicted octanol–water partition coefficient (Wildman–Crippen LogP) is 0.828. The van der Waals surface area contributed by atoms with Gasteiger partial charge in [-0.05, 0) is 24.3 Å². The van der Waals surface area contributed by atoms with Crippen LogP contribution in [0.1, 0.15) is 6.92 Å². The molecule has 0 radical (unpaired) electrons. The van der Waals surface area contributed by atoms with Crippen molar-refractivity contribution in [1.82, 2.24) is 0 Å². The number of ether oxygens (including phenoxy) is 2. The second-order valence-electron chi connectivity index (χ2n) is 3.15. The van der Waals surface area contributed by atoms with Crippen LogP contribution in [0.4, 0.5) is 0 Å². The second kappa shape index (κ2) is 2.98. The van der Waals surface area contributed by atoms with Gasteiger partial charge >= 0.3 is 11.8 Å². The Kier molecular flexibility index (Phi) is 1.89. The lowest BCUT2D eigenvalue weighted by Crippen LogP contribution is -2.55. The number of carboxylic acid groups (broad SMARTS) is 1. The van der Waals surface area contributed by atoms with Gasteiger partial charge < -0.3 is 14.6 Å². The highest BCUT2D eigenvalue weighted by Gasteiger charge is 2.51. The summed E-state index contributed by atoms with van der Waals surface area (Å²) in [4.78, 5) is 22.4.